The highest BCUT2D eigenvalue weighted by Crippen LogP contribution is 2.62. The zero-order valence-corrected chi connectivity index (χ0v) is 13.7. The Morgan fingerprint density at radius 2 is 1.40 bits per heavy atom. The monoisotopic (exact) mass is 348 g/mol. The molecule has 2 heterocycles. The number of phenols is 2. The van der Waals surface area contributed by atoms with Gasteiger partial charge in [-0.25, -0.2) is 0 Å². The Bertz CT molecular complexity index is 1010. The number of hydrogen-bond acceptors (Lipinski definition) is 5. The maximum absolute atomic E-state index is 12.7. The molecule has 0 fully saturated rings. The molecule has 0 radical (unpaired) electrons. The standard InChI is InChI=1S/C20H12O4S/c21-11-5-7-15-17(9-11)24-18-10-12(22)6-8-16(18)20(15)14-4-2-1-3-13(14)19(23)25-20/h1-10,21-22H. The SMILES string of the molecule is O=C1SC2(c3ccc(O)cc3Oc3cc(O)ccc32)c2ccccc21. The van der Waals surface area contributed by atoms with Gasteiger partial charge in [-0.05, 0) is 29.8 Å². The molecule has 4 nitrogen and oxygen atoms in total. The van der Waals surface area contributed by atoms with Crippen LogP contribution in [0.3, 0.4) is 0 Å². The van der Waals surface area contributed by atoms with Crippen molar-refractivity contribution in [1.29, 1.82) is 0 Å². The zero-order chi connectivity index (χ0) is 17.2. The van der Waals surface area contributed by atoms with E-state index in [4.69, 9.17) is 4.74 Å². The number of carbonyl (C=O) groups excluding carboxylic acids is 1. The van der Waals surface area contributed by atoms with E-state index in [0.29, 0.717) is 17.1 Å². The predicted octanol–water partition coefficient (Wildman–Crippen LogP) is 4.38. The van der Waals surface area contributed by atoms with Crippen LogP contribution in [0.15, 0.2) is 60.7 Å². The lowest BCUT2D eigenvalue weighted by Crippen LogP contribution is -2.27. The van der Waals surface area contributed by atoms with Crippen LogP contribution in [0.1, 0.15) is 27.0 Å². The molecule has 2 N–H and O–H groups in total. The molecule has 0 saturated heterocycles. The summed E-state index contributed by atoms with van der Waals surface area (Å²) in [5.41, 5.74) is 3.19. The van der Waals surface area contributed by atoms with Crippen LogP contribution in [0.2, 0.25) is 0 Å². The van der Waals surface area contributed by atoms with Gasteiger partial charge in [0.15, 0.2) is 0 Å². The van der Waals surface area contributed by atoms with Gasteiger partial charge in [0.25, 0.3) is 0 Å². The summed E-state index contributed by atoms with van der Waals surface area (Å²) < 4.78 is 5.18. The number of hydrogen-bond donors (Lipinski definition) is 2. The van der Waals surface area contributed by atoms with Crippen molar-refractivity contribution >= 4 is 16.9 Å². The predicted molar refractivity (Wildman–Crippen MR) is 94.5 cm³/mol. The third kappa shape index (κ3) is 1.81. The molecule has 5 rings (SSSR count). The number of ether oxygens (including phenoxy) is 1. The summed E-state index contributed by atoms with van der Waals surface area (Å²) in [6.45, 7) is 0. The van der Waals surface area contributed by atoms with Gasteiger partial charge >= 0.3 is 0 Å². The summed E-state index contributed by atoms with van der Waals surface area (Å²) in [6, 6.07) is 17.4. The molecule has 0 saturated carbocycles. The van der Waals surface area contributed by atoms with Crippen molar-refractivity contribution in [1.82, 2.24) is 0 Å². The Morgan fingerprint density at radius 3 is 2.04 bits per heavy atom. The first-order valence-electron chi connectivity index (χ1n) is 7.77. The molecule has 0 aliphatic carbocycles. The Labute approximate surface area is 147 Å². The smallest absolute Gasteiger partial charge is 0.221 e. The molecule has 5 heteroatoms. The summed E-state index contributed by atoms with van der Waals surface area (Å²) in [5.74, 6) is 1.13. The summed E-state index contributed by atoms with van der Waals surface area (Å²) in [5, 5.41) is 19.7. The number of rotatable bonds is 0. The minimum absolute atomic E-state index is 0.00412. The number of carbonyl (C=O) groups is 1. The van der Waals surface area contributed by atoms with E-state index in [1.54, 1.807) is 24.3 Å². The quantitative estimate of drug-likeness (QED) is 0.631. The van der Waals surface area contributed by atoms with Gasteiger partial charge in [0.05, 0.1) is 0 Å². The fourth-order valence-electron chi connectivity index (χ4n) is 3.65. The van der Waals surface area contributed by atoms with E-state index in [1.165, 1.54) is 23.9 Å². The molecule has 2 aliphatic rings. The second kappa shape index (κ2) is 4.80. The van der Waals surface area contributed by atoms with Crippen LogP contribution in [0.4, 0.5) is 0 Å². The summed E-state index contributed by atoms with van der Waals surface area (Å²) in [7, 11) is 0. The van der Waals surface area contributed by atoms with Crippen LogP contribution in [0.5, 0.6) is 23.0 Å². The van der Waals surface area contributed by atoms with Gasteiger partial charge in [-0.1, -0.05) is 36.0 Å². The van der Waals surface area contributed by atoms with Crippen molar-refractivity contribution in [2.75, 3.05) is 0 Å². The van der Waals surface area contributed by atoms with Crippen molar-refractivity contribution in [3.63, 3.8) is 0 Å². The molecule has 0 atom stereocenters. The second-order valence-electron chi connectivity index (χ2n) is 6.08. The van der Waals surface area contributed by atoms with E-state index in [-0.39, 0.29) is 16.6 Å². The van der Waals surface area contributed by atoms with Gasteiger partial charge in [0.2, 0.25) is 5.12 Å². The summed E-state index contributed by atoms with van der Waals surface area (Å²) >= 11 is 1.23. The molecule has 0 bridgehead atoms. The average molecular weight is 348 g/mol. The average Bonchev–Trinajstić information content (AvgIpc) is 2.88. The number of fused-ring (bicyclic) bond motifs is 6. The maximum atomic E-state index is 12.7. The highest BCUT2D eigenvalue weighted by atomic mass is 32.2. The van der Waals surface area contributed by atoms with Gasteiger partial charge in [0.1, 0.15) is 27.7 Å². The molecule has 122 valence electrons. The number of thioether (sulfide) groups is 1. The van der Waals surface area contributed by atoms with E-state index in [1.807, 2.05) is 24.3 Å². The third-order valence-corrected chi connectivity index (χ3v) is 6.05. The molecule has 1 spiro atoms. The van der Waals surface area contributed by atoms with Crippen molar-refractivity contribution in [2.45, 2.75) is 4.75 Å². The first kappa shape index (κ1) is 14.4. The van der Waals surface area contributed by atoms with Gasteiger partial charge in [-0.3, -0.25) is 4.79 Å². The van der Waals surface area contributed by atoms with Crippen molar-refractivity contribution in [2.24, 2.45) is 0 Å². The Hall–Kier alpha value is -2.92. The molecule has 0 amide bonds. The number of aromatic hydroxyl groups is 2. The van der Waals surface area contributed by atoms with E-state index >= 15 is 0 Å². The largest absolute Gasteiger partial charge is 0.508 e. The van der Waals surface area contributed by atoms with Gasteiger partial charge in [0, 0.05) is 28.8 Å². The fraction of sp³-hybridized carbons (Fsp3) is 0.0500. The van der Waals surface area contributed by atoms with Crippen molar-refractivity contribution < 1.29 is 19.7 Å². The molecule has 25 heavy (non-hydrogen) atoms. The fourth-order valence-corrected chi connectivity index (χ4v) is 5.06. The van der Waals surface area contributed by atoms with Crippen LogP contribution in [-0.2, 0) is 4.75 Å². The van der Waals surface area contributed by atoms with Gasteiger partial charge in [-0.2, -0.15) is 0 Å². The molecular formula is C20H12O4S. The first-order chi connectivity index (χ1) is 12.1. The summed E-state index contributed by atoms with van der Waals surface area (Å²) in [6.07, 6.45) is 0. The molecule has 0 unspecified atom stereocenters. The number of benzene rings is 3. The Kier molecular flexibility index (Phi) is 2.77. The van der Waals surface area contributed by atoms with Crippen LogP contribution < -0.4 is 4.74 Å². The van der Waals surface area contributed by atoms with Gasteiger partial charge in [-0.15, -0.1) is 0 Å². The minimum Gasteiger partial charge on any atom is -0.508 e. The molecule has 0 aromatic heterocycles. The van der Waals surface area contributed by atoms with Gasteiger partial charge < -0.3 is 14.9 Å². The van der Waals surface area contributed by atoms with Crippen molar-refractivity contribution in [3.05, 3.63) is 82.9 Å². The lowest BCUT2D eigenvalue weighted by molar-refractivity contribution is 0.109. The second-order valence-corrected chi connectivity index (χ2v) is 7.27. The topological polar surface area (TPSA) is 66.8 Å². The Morgan fingerprint density at radius 1 is 0.800 bits per heavy atom. The van der Waals surface area contributed by atoms with Crippen LogP contribution in [-0.4, -0.2) is 15.3 Å². The first-order valence-corrected chi connectivity index (χ1v) is 8.59. The zero-order valence-electron chi connectivity index (χ0n) is 12.9. The van der Waals surface area contributed by atoms with E-state index in [9.17, 15) is 15.0 Å². The van der Waals surface area contributed by atoms with Crippen LogP contribution >= 0.6 is 11.8 Å². The maximum Gasteiger partial charge on any atom is 0.221 e. The van der Waals surface area contributed by atoms with Crippen LogP contribution in [0.25, 0.3) is 0 Å². The van der Waals surface area contributed by atoms with E-state index in [0.717, 1.165) is 16.7 Å². The lowest BCUT2D eigenvalue weighted by Gasteiger charge is -2.36. The van der Waals surface area contributed by atoms with E-state index in [2.05, 4.69) is 0 Å². The van der Waals surface area contributed by atoms with Crippen molar-refractivity contribution in [3.8, 4) is 23.0 Å². The lowest BCUT2D eigenvalue weighted by atomic mass is 9.80. The van der Waals surface area contributed by atoms with E-state index < -0.39 is 4.75 Å². The molecule has 3 aromatic carbocycles. The molecule has 3 aromatic rings. The molecule has 2 aliphatic heterocycles. The highest BCUT2D eigenvalue weighted by Gasteiger charge is 2.52. The Balaban J connectivity index is 1.91. The third-order valence-electron chi connectivity index (χ3n) is 4.68. The number of phenolic OH excluding ortho intramolecular Hbond substituents is 2. The van der Waals surface area contributed by atoms with Crippen LogP contribution in [0, 0.1) is 0 Å². The normalized spacial score (nSPS) is 16.1. The highest BCUT2D eigenvalue weighted by molar-refractivity contribution is 8.15. The molecular weight excluding hydrogens is 336 g/mol. The summed E-state index contributed by atoms with van der Waals surface area (Å²) in [4.78, 5) is 12.7. The minimum atomic E-state index is -0.752.